The monoisotopic (exact) mass is 273 g/mol. The minimum Gasteiger partial charge on any atom is -0.264 e. The molecule has 1 unspecified atom stereocenters. The van der Waals surface area contributed by atoms with E-state index in [4.69, 9.17) is 0 Å². The van der Waals surface area contributed by atoms with Crippen molar-refractivity contribution < 1.29 is 4.92 Å². The van der Waals surface area contributed by atoms with Gasteiger partial charge < -0.3 is 0 Å². The summed E-state index contributed by atoms with van der Waals surface area (Å²) in [6.07, 6.45) is 0. The summed E-state index contributed by atoms with van der Waals surface area (Å²) in [7, 11) is 0. The van der Waals surface area contributed by atoms with E-state index in [1.54, 1.807) is 0 Å². The van der Waals surface area contributed by atoms with Crippen molar-refractivity contribution in [2.75, 3.05) is 6.54 Å². The zero-order valence-electron chi connectivity index (χ0n) is 10.7. The van der Waals surface area contributed by atoms with Crippen LogP contribution in [0.4, 0.5) is 0 Å². The summed E-state index contributed by atoms with van der Waals surface area (Å²) >= 11 is 1.53. The molecule has 19 heavy (non-hydrogen) atoms. The fourth-order valence-corrected chi connectivity index (χ4v) is 2.92. The Kier molecular flexibility index (Phi) is 4.58. The third-order valence-corrected chi connectivity index (χ3v) is 4.04. The maximum atomic E-state index is 10.8. The van der Waals surface area contributed by atoms with Crippen LogP contribution in [-0.2, 0) is 0 Å². The Morgan fingerprint density at radius 1 is 1.11 bits per heavy atom. The van der Waals surface area contributed by atoms with Crippen LogP contribution in [0.3, 0.4) is 0 Å². The number of hydrogen-bond acceptors (Lipinski definition) is 3. The first-order valence-corrected chi connectivity index (χ1v) is 6.93. The summed E-state index contributed by atoms with van der Waals surface area (Å²) in [6.45, 7) is 1.94. The summed E-state index contributed by atoms with van der Waals surface area (Å²) in [5.41, 5.74) is 2.16. The van der Waals surface area contributed by atoms with Crippen molar-refractivity contribution in [3.63, 3.8) is 0 Å². The first kappa shape index (κ1) is 13.6. The van der Waals surface area contributed by atoms with Gasteiger partial charge in [-0.25, -0.2) is 0 Å². The second-order valence-electron chi connectivity index (χ2n) is 4.35. The highest BCUT2D eigenvalue weighted by molar-refractivity contribution is 7.99. The lowest BCUT2D eigenvalue weighted by Crippen LogP contribution is -2.09. The van der Waals surface area contributed by atoms with Crippen molar-refractivity contribution in [1.29, 1.82) is 0 Å². The number of nitro groups is 1. The number of rotatable bonds is 5. The van der Waals surface area contributed by atoms with Gasteiger partial charge >= 0.3 is 0 Å². The third-order valence-electron chi connectivity index (χ3n) is 2.79. The Morgan fingerprint density at radius 3 is 2.32 bits per heavy atom. The van der Waals surface area contributed by atoms with Gasteiger partial charge in [0.05, 0.1) is 5.25 Å². The standard InChI is InChI=1S/C15H15NO2S/c1-12-7-9-13(10-8-12)15(11-16(17)18)19-14-5-3-2-4-6-14/h2-10,15H,11H2,1H3. The summed E-state index contributed by atoms with van der Waals surface area (Å²) in [6, 6.07) is 17.7. The van der Waals surface area contributed by atoms with Gasteiger partial charge in [-0.3, -0.25) is 10.1 Å². The highest BCUT2D eigenvalue weighted by Crippen LogP contribution is 2.35. The molecule has 2 aromatic carbocycles. The average Bonchev–Trinajstić information content (AvgIpc) is 2.39. The summed E-state index contributed by atoms with van der Waals surface area (Å²) in [5, 5.41) is 10.7. The lowest BCUT2D eigenvalue weighted by Gasteiger charge is -2.13. The number of hydrogen-bond donors (Lipinski definition) is 0. The normalized spacial score (nSPS) is 12.1. The van der Waals surface area contributed by atoms with E-state index in [1.807, 2.05) is 61.5 Å². The Labute approximate surface area is 116 Å². The molecule has 0 aliphatic rings. The largest absolute Gasteiger partial charge is 0.264 e. The maximum Gasteiger partial charge on any atom is 0.220 e. The van der Waals surface area contributed by atoms with Gasteiger partial charge in [0, 0.05) is 9.82 Å². The zero-order valence-corrected chi connectivity index (χ0v) is 11.5. The summed E-state index contributed by atoms with van der Waals surface area (Å²) in [4.78, 5) is 11.6. The first-order chi connectivity index (χ1) is 9.15. The molecule has 0 spiro atoms. The van der Waals surface area contributed by atoms with E-state index in [1.165, 1.54) is 11.8 Å². The van der Waals surface area contributed by atoms with Crippen LogP contribution in [0.25, 0.3) is 0 Å². The Hall–Kier alpha value is -1.81. The van der Waals surface area contributed by atoms with E-state index in [-0.39, 0.29) is 16.7 Å². The molecule has 3 nitrogen and oxygen atoms in total. The van der Waals surface area contributed by atoms with Gasteiger partial charge in [0.25, 0.3) is 0 Å². The summed E-state index contributed by atoms with van der Waals surface area (Å²) in [5.74, 6) is 0. The molecular formula is C15H15NO2S. The number of thioether (sulfide) groups is 1. The predicted octanol–water partition coefficient (Wildman–Crippen LogP) is 4.11. The molecule has 0 radical (unpaired) electrons. The molecular weight excluding hydrogens is 258 g/mol. The number of aryl methyl sites for hydroxylation is 1. The second kappa shape index (κ2) is 6.38. The smallest absolute Gasteiger partial charge is 0.220 e. The predicted molar refractivity (Wildman–Crippen MR) is 78.1 cm³/mol. The molecule has 0 N–H and O–H groups in total. The van der Waals surface area contributed by atoms with Crippen LogP contribution >= 0.6 is 11.8 Å². The van der Waals surface area contributed by atoms with E-state index in [9.17, 15) is 10.1 Å². The van der Waals surface area contributed by atoms with E-state index < -0.39 is 0 Å². The van der Waals surface area contributed by atoms with E-state index in [0.717, 1.165) is 16.0 Å². The van der Waals surface area contributed by atoms with Crippen molar-refractivity contribution >= 4 is 11.8 Å². The topological polar surface area (TPSA) is 43.1 Å². The van der Waals surface area contributed by atoms with E-state index in [0.29, 0.717) is 0 Å². The number of benzene rings is 2. The summed E-state index contributed by atoms with van der Waals surface area (Å²) < 4.78 is 0. The first-order valence-electron chi connectivity index (χ1n) is 6.05. The van der Waals surface area contributed by atoms with Crippen LogP contribution < -0.4 is 0 Å². The van der Waals surface area contributed by atoms with Gasteiger partial charge in [0.15, 0.2) is 0 Å². The molecule has 0 aromatic heterocycles. The maximum absolute atomic E-state index is 10.8. The lowest BCUT2D eigenvalue weighted by molar-refractivity contribution is -0.479. The van der Waals surface area contributed by atoms with Gasteiger partial charge in [-0.1, -0.05) is 48.0 Å². The van der Waals surface area contributed by atoms with Gasteiger partial charge in [-0.2, -0.15) is 0 Å². The Morgan fingerprint density at radius 2 is 1.74 bits per heavy atom. The molecule has 0 heterocycles. The molecule has 0 amide bonds. The quantitative estimate of drug-likeness (QED) is 0.468. The molecule has 4 heteroatoms. The fraction of sp³-hybridized carbons (Fsp3) is 0.200. The van der Waals surface area contributed by atoms with Crippen molar-refractivity contribution in [3.8, 4) is 0 Å². The molecule has 1 atom stereocenters. The van der Waals surface area contributed by atoms with Crippen LogP contribution in [0, 0.1) is 17.0 Å². The van der Waals surface area contributed by atoms with E-state index in [2.05, 4.69) is 0 Å². The molecule has 2 aromatic rings. The zero-order chi connectivity index (χ0) is 13.7. The molecule has 0 saturated carbocycles. The molecule has 0 saturated heterocycles. The van der Waals surface area contributed by atoms with Gasteiger partial charge in [-0.05, 0) is 24.6 Å². The van der Waals surface area contributed by atoms with E-state index >= 15 is 0 Å². The van der Waals surface area contributed by atoms with Crippen LogP contribution in [0.1, 0.15) is 16.4 Å². The minimum atomic E-state index is -0.250. The minimum absolute atomic E-state index is 0.0668. The van der Waals surface area contributed by atoms with Gasteiger partial charge in [0.1, 0.15) is 0 Å². The van der Waals surface area contributed by atoms with Crippen molar-refractivity contribution in [2.45, 2.75) is 17.1 Å². The molecule has 0 fully saturated rings. The molecule has 0 bridgehead atoms. The number of nitrogens with zero attached hydrogens (tertiary/aromatic N) is 1. The fourth-order valence-electron chi connectivity index (χ4n) is 1.79. The lowest BCUT2D eigenvalue weighted by atomic mass is 10.1. The molecule has 98 valence electrons. The van der Waals surface area contributed by atoms with Crippen molar-refractivity contribution in [1.82, 2.24) is 0 Å². The van der Waals surface area contributed by atoms with Crippen LogP contribution in [-0.4, -0.2) is 11.5 Å². The molecule has 0 aliphatic heterocycles. The Balaban J connectivity index is 2.20. The molecule has 2 rings (SSSR count). The van der Waals surface area contributed by atoms with Gasteiger partial charge in [0.2, 0.25) is 6.54 Å². The highest BCUT2D eigenvalue weighted by Gasteiger charge is 2.19. The van der Waals surface area contributed by atoms with Crippen LogP contribution in [0.2, 0.25) is 0 Å². The highest BCUT2D eigenvalue weighted by atomic mass is 32.2. The molecule has 0 aliphatic carbocycles. The van der Waals surface area contributed by atoms with Crippen LogP contribution in [0.5, 0.6) is 0 Å². The second-order valence-corrected chi connectivity index (χ2v) is 5.62. The average molecular weight is 273 g/mol. The third kappa shape index (κ3) is 4.10. The van der Waals surface area contributed by atoms with Crippen LogP contribution in [0.15, 0.2) is 59.5 Å². The van der Waals surface area contributed by atoms with Crippen molar-refractivity contribution in [3.05, 3.63) is 75.8 Å². The SMILES string of the molecule is Cc1ccc(C(C[N+](=O)[O-])Sc2ccccc2)cc1. The Bertz CT molecular complexity index is 540. The van der Waals surface area contributed by atoms with Crippen molar-refractivity contribution in [2.24, 2.45) is 0 Å². The van der Waals surface area contributed by atoms with Gasteiger partial charge in [-0.15, -0.1) is 11.8 Å².